The van der Waals surface area contributed by atoms with E-state index in [4.69, 9.17) is 9.47 Å². The molecule has 0 aliphatic carbocycles. The van der Waals surface area contributed by atoms with E-state index in [1.807, 2.05) is 26.0 Å². The summed E-state index contributed by atoms with van der Waals surface area (Å²) in [5, 5.41) is 2.35. The van der Waals surface area contributed by atoms with Gasteiger partial charge in [0.15, 0.2) is 11.5 Å². The summed E-state index contributed by atoms with van der Waals surface area (Å²) in [7, 11) is 1.67. The predicted molar refractivity (Wildman–Crippen MR) is 71.0 cm³/mol. The van der Waals surface area contributed by atoms with E-state index < -0.39 is 0 Å². The molecular formula is C15H18O2. The Morgan fingerprint density at radius 1 is 0.941 bits per heavy atom. The highest BCUT2D eigenvalue weighted by Gasteiger charge is 2.08. The summed E-state index contributed by atoms with van der Waals surface area (Å²) in [6.07, 6.45) is 0.145. The number of fused-ring (bicyclic) bond motifs is 1. The fourth-order valence-electron chi connectivity index (χ4n) is 1.88. The van der Waals surface area contributed by atoms with Gasteiger partial charge in [0.1, 0.15) is 0 Å². The van der Waals surface area contributed by atoms with Crippen molar-refractivity contribution in [3.8, 4) is 11.5 Å². The summed E-state index contributed by atoms with van der Waals surface area (Å²) in [4.78, 5) is 0. The number of hydrogen-bond donors (Lipinski definition) is 0. The maximum atomic E-state index is 5.76. The molecule has 0 aliphatic rings. The molecule has 2 nitrogen and oxygen atoms in total. The van der Waals surface area contributed by atoms with Gasteiger partial charge in [0.25, 0.3) is 0 Å². The molecule has 2 aromatic rings. The molecule has 0 N–H and O–H groups in total. The van der Waals surface area contributed by atoms with Crippen molar-refractivity contribution < 1.29 is 9.47 Å². The van der Waals surface area contributed by atoms with Crippen LogP contribution in [-0.4, -0.2) is 13.2 Å². The Morgan fingerprint density at radius 3 is 2.29 bits per heavy atom. The lowest BCUT2D eigenvalue weighted by atomic mass is 10.1. The second kappa shape index (κ2) is 4.66. The molecular weight excluding hydrogens is 212 g/mol. The van der Waals surface area contributed by atoms with Crippen LogP contribution in [-0.2, 0) is 0 Å². The van der Waals surface area contributed by atoms with Crippen molar-refractivity contribution in [1.82, 2.24) is 0 Å². The van der Waals surface area contributed by atoms with Gasteiger partial charge in [0, 0.05) is 0 Å². The summed E-state index contributed by atoms with van der Waals surface area (Å²) in [6.45, 7) is 6.12. The first-order chi connectivity index (χ1) is 8.10. The number of rotatable bonds is 3. The maximum absolute atomic E-state index is 5.76. The van der Waals surface area contributed by atoms with Gasteiger partial charge in [0.05, 0.1) is 13.2 Å². The molecule has 0 radical (unpaired) electrons. The van der Waals surface area contributed by atoms with Gasteiger partial charge >= 0.3 is 0 Å². The molecule has 2 aromatic carbocycles. The molecule has 90 valence electrons. The quantitative estimate of drug-likeness (QED) is 0.795. The Morgan fingerprint density at radius 2 is 1.65 bits per heavy atom. The fraction of sp³-hybridized carbons (Fsp3) is 0.333. The first-order valence-electron chi connectivity index (χ1n) is 5.85. The van der Waals surface area contributed by atoms with E-state index in [0.717, 1.165) is 11.5 Å². The Bertz CT molecular complexity index is 530. The molecule has 0 bridgehead atoms. The Balaban J connectivity index is 2.57. The molecule has 0 unspecified atom stereocenters. The summed E-state index contributed by atoms with van der Waals surface area (Å²) in [6, 6.07) is 10.4. The third-order valence-electron chi connectivity index (χ3n) is 2.64. The van der Waals surface area contributed by atoms with Gasteiger partial charge in [-0.1, -0.05) is 23.8 Å². The van der Waals surface area contributed by atoms with Crippen LogP contribution in [0, 0.1) is 6.92 Å². The molecule has 2 rings (SSSR count). The van der Waals surface area contributed by atoms with Crippen LogP contribution in [0.15, 0.2) is 30.3 Å². The van der Waals surface area contributed by atoms with Gasteiger partial charge in [-0.3, -0.25) is 0 Å². The number of aryl methyl sites for hydroxylation is 1. The number of benzene rings is 2. The summed E-state index contributed by atoms with van der Waals surface area (Å²) < 4.78 is 11.1. The van der Waals surface area contributed by atoms with E-state index in [2.05, 4.69) is 25.1 Å². The summed E-state index contributed by atoms with van der Waals surface area (Å²) in [5.74, 6) is 1.59. The molecule has 0 fully saturated rings. The van der Waals surface area contributed by atoms with E-state index in [1.165, 1.54) is 16.3 Å². The van der Waals surface area contributed by atoms with Gasteiger partial charge in [0.2, 0.25) is 0 Å². The van der Waals surface area contributed by atoms with Crippen LogP contribution in [0.5, 0.6) is 11.5 Å². The standard InChI is InChI=1S/C15H18O2/c1-10(2)17-15-9-13-7-11(3)5-6-12(13)8-14(15)16-4/h5-10H,1-4H3. The lowest BCUT2D eigenvalue weighted by Crippen LogP contribution is -2.06. The smallest absolute Gasteiger partial charge is 0.162 e. The Hall–Kier alpha value is -1.70. The van der Waals surface area contributed by atoms with Crippen molar-refractivity contribution in [2.75, 3.05) is 7.11 Å². The van der Waals surface area contributed by atoms with E-state index in [-0.39, 0.29) is 6.10 Å². The van der Waals surface area contributed by atoms with Crippen molar-refractivity contribution in [3.05, 3.63) is 35.9 Å². The van der Waals surface area contributed by atoms with Crippen molar-refractivity contribution in [3.63, 3.8) is 0 Å². The van der Waals surface area contributed by atoms with Crippen molar-refractivity contribution >= 4 is 10.8 Å². The highest BCUT2D eigenvalue weighted by Crippen LogP contribution is 2.33. The molecule has 0 amide bonds. The third kappa shape index (κ3) is 2.52. The Kier molecular flexibility index (Phi) is 3.23. The highest BCUT2D eigenvalue weighted by atomic mass is 16.5. The first-order valence-corrected chi connectivity index (χ1v) is 5.85. The van der Waals surface area contributed by atoms with E-state index in [0.29, 0.717) is 0 Å². The van der Waals surface area contributed by atoms with Crippen LogP contribution in [0.2, 0.25) is 0 Å². The molecule has 0 atom stereocenters. The maximum Gasteiger partial charge on any atom is 0.162 e. The molecule has 0 saturated carbocycles. The molecule has 0 aromatic heterocycles. The van der Waals surface area contributed by atoms with Gasteiger partial charge in [-0.05, 0) is 43.7 Å². The molecule has 0 heterocycles. The van der Waals surface area contributed by atoms with Crippen molar-refractivity contribution in [2.24, 2.45) is 0 Å². The number of hydrogen-bond acceptors (Lipinski definition) is 2. The molecule has 0 saturated heterocycles. The van der Waals surface area contributed by atoms with Crippen molar-refractivity contribution in [1.29, 1.82) is 0 Å². The molecule has 2 heteroatoms. The SMILES string of the molecule is COc1cc2ccc(C)cc2cc1OC(C)C. The minimum absolute atomic E-state index is 0.145. The number of ether oxygens (including phenoxy) is 2. The molecule has 0 spiro atoms. The van der Waals surface area contributed by atoms with Gasteiger partial charge in [-0.15, -0.1) is 0 Å². The minimum Gasteiger partial charge on any atom is -0.493 e. The minimum atomic E-state index is 0.145. The van der Waals surface area contributed by atoms with Crippen LogP contribution < -0.4 is 9.47 Å². The second-order valence-corrected chi connectivity index (χ2v) is 4.52. The first kappa shape index (κ1) is 11.8. The van der Waals surface area contributed by atoms with E-state index in [1.54, 1.807) is 7.11 Å². The average molecular weight is 230 g/mol. The summed E-state index contributed by atoms with van der Waals surface area (Å²) in [5.41, 5.74) is 1.25. The van der Waals surface area contributed by atoms with Gasteiger partial charge in [-0.2, -0.15) is 0 Å². The van der Waals surface area contributed by atoms with E-state index in [9.17, 15) is 0 Å². The van der Waals surface area contributed by atoms with Gasteiger partial charge < -0.3 is 9.47 Å². The monoisotopic (exact) mass is 230 g/mol. The lowest BCUT2D eigenvalue weighted by molar-refractivity contribution is 0.230. The average Bonchev–Trinajstić information content (AvgIpc) is 2.27. The predicted octanol–water partition coefficient (Wildman–Crippen LogP) is 3.94. The zero-order valence-corrected chi connectivity index (χ0v) is 10.8. The fourth-order valence-corrected chi connectivity index (χ4v) is 1.88. The summed E-state index contributed by atoms with van der Waals surface area (Å²) >= 11 is 0. The van der Waals surface area contributed by atoms with Crippen LogP contribution in [0.25, 0.3) is 10.8 Å². The van der Waals surface area contributed by atoms with Crippen LogP contribution in [0.3, 0.4) is 0 Å². The van der Waals surface area contributed by atoms with Crippen LogP contribution >= 0.6 is 0 Å². The molecule has 17 heavy (non-hydrogen) atoms. The molecule has 0 aliphatic heterocycles. The van der Waals surface area contributed by atoms with E-state index >= 15 is 0 Å². The normalized spacial score (nSPS) is 10.9. The van der Waals surface area contributed by atoms with Crippen LogP contribution in [0.1, 0.15) is 19.4 Å². The van der Waals surface area contributed by atoms with Gasteiger partial charge in [-0.25, -0.2) is 0 Å². The third-order valence-corrected chi connectivity index (χ3v) is 2.64. The van der Waals surface area contributed by atoms with Crippen LogP contribution in [0.4, 0.5) is 0 Å². The lowest BCUT2D eigenvalue weighted by Gasteiger charge is -2.14. The topological polar surface area (TPSA) is 18.5 Å². The Labute approximate surface area is 102 Å². The highest BCUT2D eigenvalue weighted by molar-refractivity contribution is 5.86. The second-order valence-electron chi connectivity index (χ2n) is 4.52. The van der Waals surface area contributed by atoms with Crippen molar-refractivity contribution in [2.45, 2.75) is 26.9 Å². The number of methoxy groups -OCH3 is 1. The zero-order chi connectivity index (χ0) is 12.4. The largest absolute Gasteiger partial charge is 0.493 e. The zero-order valence-electron chi connectivity index (χ0n) is 10.8.